The van der Waals surface area contributed by atoms with E-state index in [0.29, 0.717) is 5.75 Å². The molecule has 23 heavy (non-hydrogen) atoms. The zero-order valence-corrected chi connectivity index (χ0v) is 14.4. The van der Waals surface area contributed by atoms with Crippen molar-refractivity contribution < 1.29 is 17.9 Å². The summed E-state index contributed by atoms with van der Waals surface area (Å²) in [4.78, 5) is 11.6. The van der Waals surface area contributed by atoms with Crippen molar-refractivity contribution in [3.8, 4) is 5.75 Å². The van der Waals surface area contributed by atoms with E-state index in [9.17, 15) is 13.2 Å². The number of hydrogen-bond acceptors (Lipinski definition) is 4. The van der Waals surface area contributed by atoms with E-state index in [-0.39, 0.29) is 29.5 Å². The first-order valence-electron chi connectivity index (χ1n) is 7.92. The smallest absolute Gasteiger partial charge is 0.241 e. The van der Waals surface area contributed by atoms with Gasteiger partial charge >= 0.3 is 0 Å². The predicted octanol–water partition coefficient (Wildman–Crippen LogP) is 1.81. The Bertz CT molecular complexity index is 620. The molecule has 128 valence electrons. The van der Waals surface area contributed by atoms with Crippen LogP contribution in [-0.4, -0.2) is 33.0 Å². The first-order valence-corrected chi connectivity index (χ1v) is 9.41. The maximum Gasteiger partial charge on any atom is 0.241 e. The summed E-state index contributed by atoms with van der Waals surface area (Å²) in [6.45, 7) is 3.35. The van der Waals surface area contributed by atoms with Crippen LogP contribution in [0.25, 0.3) is 0 Å². The molecule has 1 aromatic carbocycles. The van der Waals surface area contributed by atoms with E-state index >= 15 is 0 Å². The molecule has 1 amide bonds. The number of carbonyl (C=O) groups is 1. The van der Waals surface area contributed by atoms with Crippen LogP contribution in [0.5, 0.6) is 5.75 Å². The Kier molecular flexibility index (Phi) is 6.01. The SMILES string of the molecule is CC(C)NC(=O)CNS(=O)(=O)c1ccc(OC2CCCC2)cc1. The van der Waals surface area contributed by atoms with E-state index in [2.05, 4.69) is 10.0 Å². The Hall–Kier alpha value is -1.60. The van der Waals surface area contributed by atoms with Gasteiger partial charge in [-0.2, -0.15) is 0 Å². The van der Waals surface area contributed by atoms with E-state index in [1.165, 1.54) is 25.0 Å². The van der Waals surface area contributed by atoms with Gasteiger partial charge in [0.2, 0.25) is 15.9 Å². The van der Waals surface area contributed by atoms with Gasteiger partial charge in [-0.05, 0) is 63.8 Å². The second-order valence-corrected chi connectivity index (χ2v) is 7.81. The molecule has 1 aliphatic rings. The molecule has 0 unspecified atom stereocenters. The zero-order chi connectivity index (χ0) is 16.9. The van der Waals surface area contributed by atoms with E-state index in [4.69, 9.17) is 4.74 Å². The number of carbonyl (C=O) groups excluding carboxylic acids is 1. The van der Waals surface area contributed by atoms with Crippen molar-refractivity contribution in [3.63, 3.8) is 0 Å². The van der Waals surface area contributed by atoms with Crippen molar-refractivity contribution in [2.75, 3.05) is 6.54 Å². The molecular weight excluding hydrogens is 316 g/mol. The van der Waals surface area contributed by atoms with Crippen LogP contribution in [0.1, 0.15) is 39.5 Å². The number of hydrogen-bond donors (Lipinski definition) is 2. The highest BCUT2D eigenvalue weighted by Gasteiger charge is 2.18. The molecular formula is C16H24N2O4S. The molecule has 6 nitrogen and oxygen atoms in total. The molecule has 1 saturated carbocycles. The summed E-state index contributed by atoms with van der Waals surface area (Å²) >= 11 is 0. The van der Waals surface area contributed by atoms with Crippen LogP contribution in [-0.2, 0) is 14.8 Å². The molecule has 1 aliphatic carbocycles. The van der Waals surface area contributed by atoms with Gasteiger partial charge < -0.3 is 10.1 Å². The highest BCUT2D eigenvalue weighted by atomic mass is 32.2. The van der Waals surface area contributed by atoms with Gasteiger partial charge in [0.15, 0.2) is 0 Å². The van der Waals surface area contributed by atoms with Gasteiger partial charge in [0.1, 0.15) is 5.75 Å². The third-order valence-electron chi connectivity index (χ3n) is 3.61. The predicted molar refractivity (Wildman–Crippen MR) is 87.8 cm³/mol. The average Bonchev–Trinajstić information content (AvgIpc) is 2.98. The van der Waals surface area contributed by atoms with Gasteiger partial charge in [0.05, 0.1) is 17.5 Å². The van der Waals surface area contributed by atoms with Crippen LogP contribution < -0.4 is 14.8 Å². The Balaban J connectivity index is 1.92. The molecule has 0 heterocycles. The fourth-order valence-electron chi connectivity index (χ4n) is 2.51. The Morgan fingerprint density at radius 2 is 1.83 bits per heavy atom. The third-order valence-corrected chi connectivity index (χ3v) is 5.03. The zero-order valence-electron chi connectivity index (χ0n) is 13.5. The fourth-order valence-corrected chi connectivity index (χ4v) is 3.50. The number of benzene rings is 1. The van der Waals surface area contributed by atoms with Crippen molar-refractivity contribution in [2.45, 2.75) is 56.6 Å². The van der Waals surface area contributed by atoms with E-state index in [1.54, 1.807) is 12.1 Å². The van der Waals surface area contributed by atoms with Gasteiger partial charge in [0.25, 0.3) is 0 Å². The molecule has 0 radical (unpaired) electrons. The van der Waals surface area contributed by atoms with Crippen LogP contribution in [0.4, 0.5) is 0 Å². The lowest BCUT2D eigenvalue weighted by Crippen LogP contribution is -2.39. The minimum Gasteiger partial charge on any atom is -0.490 e. The van der Waals surface area contributed by atoms with Crippen LogP contribution >= 0.6 is 0 Å². The molecule has 1 aromatic rings. The second-order valence-electron chi connectivity index (χ2n) is 6.04. The van der Waals surface area contributed by atoms with Crippen LogP contribution in [0, 0.1) is 0 Å². The largest absolute Gasteiger partial charge is 0.490 e. The van der Waals surface area contributed by atoms with Crippen molar-refractivity contribution >= 4 is 15.9 Å². The Morgan fingerprint density at radius 1 is 1.22 bits per heavy atom. The molecule has 1 fully saturated rings. The number of amides is 1. The highest BCUT2D eigenvalue weighted by Crippen LogP contribution is 2.24. The fraction of sp³-hybridized carbons (Fsp3) is 0.562. The van der Waals surface area contributed by atoms with E-state index in [1.807, 2.05) is 13.8 Å². The molecule has 0 aliphatic heterocycles. The summed E-state index contributed by atoms with van der Waals surface area (Å²) in [5.41, 5.74) is 0. The maximum atomic E-state index is 12.1. The lowest BCUT2D eigenvalue weighted by atomic mass is 10.3. The summed E-state index contributed by atoms with van der Waals surface area (Å²) in [5.74, 6) is 0.318. The Morgan fingerprint density at radius 3 is 2.39 bits per heavy atom. The van der Waals surface area contributed by atoms with Crippen molar-refractivity contribution in [1.29, 1.82) is 0 Å². The third kappa shape index (κ3) is 5.51. The minimum absolute atomic E-state index is 0.0287. The van der Waals surface area contributed by atoms with Gasteiger partial charge in [-0.3, -0.25) is 4.79 Å². The van der Waals surface area contributed by atoms with Gasteiger partial charge in [-0.25, -0.2) is 13.1 Å². The average molecular weight is 340 g/mol. The summed E-state index contributed by atoms with van der Waals surface area (Å²) < 4.78 is 32.4. The molecule has 0 spiro atoms. The summed E-state index contributed by atoms with van der Waals surface area (Å²) in [7, 11) is -3.70. The molecule has 7 heteroatoms. The number of sulfonamides is 1. The van der Waals surface area contributed by atoms with Gasteiger partial charge in [-0.15, -0.1) is 0 Å². The molecule has 0 saturated heterocycles. The molecule has 0 bridgehead atoms. The quantitative estimate of drug-likeness (QED) is 0.793. The lowest BCUT2D eigenvalue weighted by molar-refractivity contribution is -0.120. The van der Waals surface area contributed by atoms with Crippen molar-refractivity contribution in [1.82, 2.24) is 10.0 Å². The first-order chi connectivity index (χ1) is 10.9. The monoisotopic (exact) mass is 340 g/mol. The maximum absolute atomic E-state index is 12.1. The number of rotatable bonds is 7. The summed E-state index contributed by atoms with van der Waals surface area (Å²) in [6, 6.07) is 6.27. The van der Waals surface area contributed by atoms with Crippen molar-refractivity contribution in [3.05, 3.63) is 24.3 Å². The number of ether oxygens (including phenoxy) is 1. The van der Waals surface area contributed by atoms with Crippen LogP contribution in [0.2, 0.25) is 0 Å². The first kappa shape index (κ1) is 17.7. The van der Waals surface area contributed by atoms with Gasteiger partial charge in [-0.1, -0.05) is 0 Å². The second kappa shape index (κ2) is 7.79. The molecule has 2 rings (SSSR count). The minimum atomic E-state index is -3.70. The summed E-state index contributed by atoms with van der Waals surface area (Å²) in [6.07, 6.45) is 4.69. The van der Waals surface area contributed by atoms with Crippen molar-refractivity contribution in [2.24, 2.45) is 0 Å². The summed E-state index contributed by atoms with van der Waals surface area (Å²) in [5, 5.41) is 2.63. The van der Waals surface area contributed by atoms with Gasteiger partial charge in [0, 0.05) is 6.04 Å². The molecule has 0 atom stereocenters. The van der Waals surface area contributed by atoms with E-state index < -0.39 is 10.0 Å². The Labute approximate surface area is 137 Å². The van der Waals surface area contributed by atoms with E-state index in [0.717, 1.165) is 12.8 Å². The number of nitrogens with one attached hydrogen (secondary N) is 2. The van der Waals surface area contributed by atoms with Crippen LogP contribution in [0.3, 0.4) is 0 Å². The topological polar surface area (TPSA) is 84.5 Å². The highest BCUT2D eigenvalue weighted by molar-refractivity contribution is 7.89. The normalized spacial score (nSPS) is 15.8. The molecule has 2 N–H and O–H groups in total. The standard InChI is InChI=1S/C16H24N2O4S/c1-12(2)18-16(19)11-17-23(20,21)15-9-7-14(8-10-15)22-13-5-3-4-6-13/h7-10,12-13,17H,3-6,11H2,1-2H3,(H,18,19). The lowest BCUT2D eigenvalue weighted by Gasteiger charge is -2.13. The van der Waals surface area contributed by atoms with Crippen LogP contribution in [0.15, 0.2) is 29.2 Å². The molecule has 0 aromatic heterocycles.